The van der Waals surface area contributed by atoms with Gasteiger partial charge >= 0.3 is 0 Å². The normalized spacial score (nSPS) is 12.4. The first kappa shape index (κ1) is 24.1. The molecule has 0 fully saturated rings. The average molecular weight is 524 g/mol. The van der Waals surface area contributed by atoms with Crippen LogP contribution >= 0.6 is 46.9 Å². The van der Waals surface area contributed by atoms with Gasteiger partial charge in [-0.25, -0.2) is 9.97 Å². The van der Waals surface area contributed by atoms with E-state index in [9.17, 15) is 0 Å². The minimum atomic E-state index is 0. The van der Waals surface area contributed by atoms with Crippen LogP contribution < -0.4 is 5.32 Å². The first-order chi connectivity index (χ1) is 12.5. The number of methoxy groups -OCH3 is 1. The molecule has 27 heavy (non-hydrogen) atoms. The highest BCUT2D eigenvalue weighted by atomic mass is 127. The molecular weight excluding hydrogens is 497 g/mol. The molecule has 0 bridgehead atoms. The van der Waals surface area contributed by atoms with E-state index < -0.39 is 0 Å². The summed E-state index contributed by atoms with van der Waals surface area (Å²) >= 11 is 7.44. The van der Waals surface area contributed by atoms with Gasteiger partial charge in [0.2, 0.25) is 0 Å². The zero-order chi connectivity index (χ0) is 18.9. The quantitative estimate of drug-likeness (QED) is 0.244. The lowest BCUT2D eigenvalue weighted by atomic mass is 10.2. The van der Waals surface area contributed by atoms with Crippen molar-refractivity contribution in [1.29, 1.82) is 0 Å². The molecule has 1 unspecified atom stereocenters. The van der Waals surface area contributed by atoms with Gasteiger partial charge in [0.15, 0.2) is 5.96 Å². The zero-order valence-electron chi connectivity index (χ0n) is 16.1. The SMILES string of the molecule is CCNC(=NCCc1ccc(Cl)nc1)N(C)Cc1csc(C(C)OC)n1.I. The summed E-state index contributed by atoms with van der Waals surface area (Å²) in [5.41, 5.74) is 2.14. The van der Waals surface area contributed by atoms with Crippen LogP contribution in [0.3, 0.4) is 0 Å². The molecule has 0 aliphatic carbocycles. The second-order valence-electron chi connectivity index (χ2n) is 5.89. The highest BCUT2D eigenvalue weighted by Gasteiger charge is 2.12. The van der Waals surface area contributed by atoms with Crippen LogP contribution in [-0.4, -0.2) is 48.1 Å². The Balaban J connectivity index is 0.00000364. The van der Waals surface area contributed by atoms with E-state index in [1.807, 2.05) is 20.0 Å². The van der Waals surface area contributed by atoms with Crippen molar-refractivity contribution in [2.45, 2.75) is 32.9 Å². The molecule has 9 heteroatoms. The Labute approximate surface area is 187 Å². The molecule has 1 atom stereocenters. The summed E-state index contributed by atoms with van der Waals surface area (Å²) in [4.78, 5) is 15.5. The van der Waals surface area contributed by atoms with Gasteiger partial charge in [0.1, 0.15) is 16.3 Å². The summed E-state index contributed by atoms with van der Waals surface area (Å²) in [5, 5.41) is 6.91. The van der Waals surface area contributed by atoms with Crippen molar-refractivity contribution in [1.82, 2.24) is 20.2 Å². The fourth-order valence-corrected chi connectivity index (χ4v) is 3.27. The van der Waals surface area contributed by atoms with Gasteiger partial charge in [-0.3, -0.25) is 4.99 Å². The Hall–Kier alpha value is -0.970. The molecular formula is C18H27ClIN5OS. The van der Waals surface area contributed by atoms with Crippen molar-refractivity contribution < 1.29 is 4.74 Å². The number of nitrogens with one attached hydrogen (secondary N) is 1. The highest BCUT2D eigenvalue weighted by molar-refractivity contribution is 14.0. The standard InChI is InChI=1S/C18H26ClN5OS.HI/c1-5-20-18(21-9-8-14-6-7-16(19)22-10-14)24(3)11-15-12-26-17(23-15)13(2)25-4;/h6-7,10,12-13H,5,8-9,11H2,1-4H3,(H,20,21);1H. The molecule has 0 amide bonds. The van der Waals surface area contributed by atoms with E-state index in [0.717, 1.165) is 35.2 Å². The van der Waals surface area contributed by atoms with Crippen LogP contribution in [0.5, 0.6) is 0 Å². The molecule has 2 aromatic heterocycles. The molecule has 2 aromatic rings. The summed E-state index contributed by atoms with van der Waals surface area (Å²) in [7, 11) is 3.72. The van der Waals surface area contributed by atoms with Crippen molar-refractivity contribution in [3.63, 3.8) is 0 Å². The molecule has 0 aliphatic rings. The fourth-order valence-electron chi connectivity index (χ4n) is 2.32. The highest BCUT2D eigenvalue weighted by Crippen LogP contribution is 2.20. The van der Waals surface area contributed by atoms with E-state index in [4.69, 9.17) is 21.3 Å². The van der Waals surface area contributed by atoms with Crippen LogP contribution in [0.2, 0.25) is 5.15 Å². The Kier molecular flexibility index (Phi) is 11.1. The number of halogens is 2. The van der Waals surface area contributed by atoms with E-state index in [1.165, 1.54) is 0 Å². The molecule has 0 aromatic carbocycles. The lowest BCUT2D eigenvalue weighted by molar-refractivity contribution is 0.119. The summed E-state index contributed by atoms with van der Waals surface area (Å²) < 4.78 is 5.33. The topological polar surface area (TPSA) is 62.6 Å². The third-order valence-corrected chi connectivity index (χ3v) is 5.10. The number of thiazole rings is 1. The number of hydrogen-bond acceptors (Lipinski definition) is 5. The second-order valence-corrected chi connectivity index (χ2v) is 7.16. The number of aromatic nitrogens is 2. The molecule has 6 nitrogen and oxygen atoms in total. The second kappa shape index (κ2) is 12.5. The number of aliphatic imine (C=N–C) groups is 1. The molecule has 0 spiro atoms. The first-order valence-electron chi connectivity index (χ1n) is 8.60. The molecule has 0 radical (unpaired) electrons. The average Bonchev–Trinajstić information content (AvgIpc) is 3.10. The summed E-state index contributed by atoms with van der Waals surface area (Å²) in [5.74, 6) is 0.865. The van der Waals surface area contributed by atoms with Gasteiger partial charge in [0.25, 0.3) is 0 Å². The maximum absolute atomic E-state index is 5.82. The smallest absolute Gasteiger partial charge is 0.194 e. The Morgan fingerprint density at radius 3 is 2.85 bits per heavy atom. The largest absolute Gasteiger partial charge is 0.375 e. The molecule has 1 N–H and O–H groups in total. The van der Waals surface area contributed by atoms with Crippen molar-refractivity contribution in [2.75, 3.05) is 27.2 Å². The van der Waals surface area contributed by atoms with Crippen LogP contribution in [0.15, 0.2) is 28.7 Å². The summed E-state index contributed by atoms with van der Waals surface area (Å²) in [6.07, 6.45) is 2.63. The van der Waals surface area contributed by atoms with Gasteiger partial charge in [0, 0.05) is 38.8 Å². The first-order valence-corrected chi connectivity index (χ1v) is 9.86. The number of nitrogens with zero attached hydrogens (tertiary/aromatic N) is 4. The maximum Gasteiger partial charge on any atom is 0.194 e. The van der Waals surface area contributed by atoms with Crippen molar-refractivity contribution in [2.24, 2.45) is 4.99 Å². The van der Waals surface area contributed by atoms with E-state index in [-0.39, 0.29) is 30.1 Å². The summed E-state index contributed by atoms with van der Waals surface area (Å²) in [6, 6.07) is 3.79. The number of ether oxygens (including phenoxy) is 1. The van der Waals surface area contributed by atoms with Crippen LogP contribution in [-0.2, 0) is 17.7 Å². The number of pyridine rings is 1. The Morgan fingerprint density at radius 1 is 1.44 bits per heavy atom. The monoisotopic (exact) mass is 523 g/mol. The number of rotatable bonds is 8. The lowest BCUT2D eigenvalue weighted by Crippen LogP contribution is -2.38. The van der Waals surface area contributed by atoms with Crippen molar-refractivity contribution >= 4 is 52.9 Å². The zero-order valence-corrected chi connectivity index (χ0v) is 20.0. The van der Waals surface area contributed by atoms with Crippen LogP contribution in [0, 0.1) is 0 Å². The van der Waals surface area contributed by atoms with Gasteiger partial charge < -0.3 is 15.0 Å². The van der Waals surface area contributed by atoms with Crippen molar-refractivity contribution in [3.8, 4) is 0 Å². The van der Waals surface area contributed by atoms with Crippen molar-refractivity contribution in [3.05, 3.63) is 45.1 Å². The molecule has 0 saturated heterocycles. The van der Waals surface area contributed by atoms with Gasteiger partial charge in [-0.15, -0.1) is 35.3 Å². The van der Waals surface area contributed by atoms with E-state index in [0.29, 0.717) is 18.2 Å². The van der Waals surface area contributed by atoms with Gasteiger partial charge in [-0.2, -0.15) is 0 Å². The van der Waals surface area contributed by atoms with E-state index >= 15 is 0 Å². The van der Waals surface area contributed by atoms with Gasteiger partial charge in [-0.05, 0) is 31.9 Å². The number of guanidine groups is 1. The van der Waals surface area contributed by atoms with Crippen LogP contribution in [0.4, 0.5) is 0 Å². The minimum Gasteiger partial charge on any atom is -0.375 e. The third-order valence-electron chi connectivity index (χ3n) is 3.82. The molecule has 0 aliphatic heterocycles. The van der Waals surface area contributed by atoms with E-state index in [1.54, 1.807) is 30.7 Å². The summed E-state index contributed by atoms with van der Waals surface area (Å²) in [6.45, 7) is 6.26. The maximum atomic E-state index is 5.82. The number of hydrogen-bond donors (Lipinski definition) is 1. The predicted octanol–water partition coefficient (Wildman–Crippen LogP) is 4.16. The van der Waals surface area contributed by atoms with Gasteiger partial charge in [-0.1, -0.05) is 17.7 Å². The Morgan fingerprint density at radius 2 is 2.22 bits per heavy atom. The predicted molar refractivity (Wildman–Crippen MR) is 123 cm³/mol. The Bertz CT molecular complexity index is 710. The minimum absolute atomic E-state index is 0. The van der Waals surface area contributed by atoms with E-state index in [2.05, 4.69) is 32.5 Å². The van der Waals surface area contributed by atoms with Crippen LogP contribution in [0.25, 0.3) is 0 Å². The van der Waals surface area contributed by atoms with Crippen LogP contribution in [0.1, 0.15) is 36.2 Å². The molecule has 2 heterocycles. The molecule has 0 saturated carbocycles. The fraction of sp³-hybridized carbons (Fsp3) is 0.500. The lowest BCUT2D eigenvalue weighted by Gasteiger charge is -2.21. The third kappa shape index (κ3) is 7.89. The van der Waals surface area contributed by atoms with Gasteiger partial charge in [0.05, 0.1) is 12.2 Å². The molecule has 150 valence electrons. The molecule has 2 rings (SSSR count).